The summed E-state index contributed by atoms with van der Waals surface area (Å²) < 4.78 is 34.2. The zero-order valence-electron chi connectivity index (χ0n) is 7.67. The van der Waals surface area contributed by atoms with Crippen LogP contribution in [0.4, 0.5) is 0 Å². The lowest BCUT2D eigenvalue weighted by molar-refractivity contribution is 0.106. The molecule has 0 aliphatic carbocycles. The molecule has 0 heterocycles. The van der Waals surface area contributed by atoms with E-state index in [1.54, 1.807) is 0 Å². The summed E-state index contributed by atoms with van der Waals surface area (Å²) >= 11 is 0. The Morgan fingerprint density at radius 1 is 1.40 bits per heavy atom. The van der Waals surface area contributed by atoms with Crippen molar-refractivity contribution in [2.45, 2.75) is 0 Å². The van der Waals surface area contributed by atoms with E-state index in [2.05, 4.69) is 0 Å². The molecule has 7 heteroatoms. The molecule has 1 aromatic carbocycles. The van der Waals surface area contributed by atoms with Gasteiger partial charge in [-0.3, -0.25) is 9.35 Å². The van der Waals surface area contributed by atoms with Crippen LogP contribution in [-0.2, 0) is 10.1 Å². The predicted molar refractivity (Wildman–Crippen MR) is 50.5 cm³/mol. The lowest BCUT2D eigenvalue weighted by Gasteiger charge is -2.03. The second kappa shape index (κ2) is 3.87. The summed E-state index contributed by atoms with van der Waals surface area (Å²) in [6.07, 6.45) is 0. The van der Waals surface area contributed by atoms with Crippen LogP contribution < -0.4 is 4.74 Å². The first-order chi connectivity index (χ1) is 6.86. The number of ether oxygens (including phenoxy) is 1. The second-order valence-corrected chi connectivity index (χ2v) is 3.97. The van der Waals surface area contributed by atoms with Gasteiger partial charge in [-0.2, -0.15) is 8.42 Å². The highest BCUT2D eigenvalue weighted by molar-refractivity contribution is 8.01. The summed E-state index contributed by atoms with van der Waals surface area (Å²) in [5.41, 5.74) is -0.502. The molecule has 1 rings (SSSR count). The van der Waals surface area contributed by atoms with E-state index in [9.17, 15) is 18.3 Å². The number of aromatic hydroxyl groups is 1. The van der Waals surface area contributed by atoms with Crippen LogP contribution in [0.1, 0.15) is 10.4 Å². The van der Waals surface area contributed by atoms with Gasteiger partial charge >= 0.3 is 15.2 Å². The number of carbonyl (C=O) groups excluding carboxylic acids is 1. The fraction of sp³-hybridized carbons (Fsp3) is 0.125. The Balaban J connectivity index is 3.24. The van der Waals surface area contributed by atoms with Crippen LogP contribution in [0.3, 0.4) is 0 Å². The molecule has 0 saturated heterocycles. The molecule has 0 aromatic heterocycles. The molecule has 0 fully saturated rings. The van der Waals surface area contributed by atoms with Crippen molar-refractivity contribution in [2.24, 2.45) is 0 Å². The van der Waals surface area contributed by atoms with Gasteiger partial charge in [-0.25, -0.2) is 0 Å². The lowest BCUT2D eigenvalue weighted by Crippen LogP contribution is -2.13. The first kappa shape index (κ1) is 11.5. The second-order valence-electron chi connectivity index (χ2n) is 2.65. The molecule has 6 nitrogen and oxygen atoms in total. The first-order valence-electron chi connectivity index (χ1n) is 3.75. The normalized spacial score (nSPS) is 11.1. The van der Waals surface area contributed by atoms with Gasteiger partial charge in [-0.1, -0.05) is 0 Å². The van der Waals surface area contributed by atoms with Crippen LogP contribution in [-0.4, -0.2) is 30.3 Å². The fourth-order valence-electron chi connectivity index (χ4n) is 0.950. The predicted octanol–water partition coefficient (Wildman–Crippen LogP) is 0.429. The molecule has 0 radical (unpaired) electrons. The average molecular weight is 232 g/mol. The van der Waals surface area contributed by atoms with Crippen molar-refractivity contribution in [1.29, 1.82) is 0 Å². The molecular formula is C8H8O6S. The van der Waals surface area contributed by atoms with Gasteiger partial charge in [0.1, 0.15) is 11.5 Å². The van der Waals surface area contributed by atoms with E-state index < -0.39 is 26.5 Å². The third-order valence-electron chi connectivity index (χ3n) is 1.66. The van der Waals surface area contributed by atoms with Crippen molar-refractivity contribution >= 4 is 15.2 Å². The molecule has 0 aliphatic heterocycles. The molecule has 0 aliphatic rings. The molecule has 82 valence electrons. The summed E-state index contributed by atoms with van der Waals surface area (Å²) in [4.78, 5) is 11.0. The third kappa shape index (κ3) is 2.45. The third-order valence-corrected chi connectivity index (χ3v) is 2.35. The highest BCUT2D eigenvalue weighted by atomic mass is 32.2. The van der Waals surface area contributed by atoms with Crippen LogP contribution in [0.5, 0.6) is 11.5 Å². The Kier molecular flexibility index (Phi) is 2.96. The standard InChI is InChI=1S/C8H8O6S/c1-14-5-2-3-6(7(9)4-5)8(10)15(11,12)13/h2-4,9H,1H3,(H,11,12,13). The Morgan fingerprint density at radius 2 is 2.00 bits per heavy atom. The molecular weight excluding hydrogens is 224 g/mol. The number of methoxy groups -OCH3 is 1. The van der Waals surface area contributed by atoms with E-state index >= 15 is 0 Å². The van der Waals surface area contributed by atoms with E-state index in [-0.39, 0.29) is 5.75 Å². The van der Waals surface area contributed by atoms with Gasteiger partial charge in [0.05, 0.1) is 12.7 Å². The van der Waals surface area contributed by atoms with E-state index in [0.29, 0.717) is 0 Å². The van der Waals surface area contributed by atoms with Gasteiger partial charge in [0.15, 0.2) is 0 Å². The zero-order valence-corrected chi connectivity index (χ0v) is 8.48. The molecule has 2 N–H and O–H groups in total. The minimum atomic E-state index is -4.84. The summed E-state index contributed by atoms with van der Waals surface area (Å²) in [6.45, 7) is 0. The maximum Gasteiger partial charge on any atom is 0.333 e. The van der Waals surface area contributed by atoms with Crippen molar-refractivity contribution in [3.63, 3.8) is 0 Å². The van der Waals surface area contributed by atoms with E-state index in [4.69, 9.17) is 9.29 Å². The van der Waals surface area contributed by atoms with E-state index in [1.165, 1.54) is 13.2 Å². The number of phenolic OH excluding ortho intramolecular Hbond substituents is 1. The number of phenols is 1. The molecule has 0 saturated carbocycles. The molecule has 0 amide bonds. The number of hydrogen-bond acceptors (Lipinski definition) is 5. The maximum absolute atomic E-state index is 11.0. The number of hydrogen-bond donors (Lipinski definition) is 2. The summed E-state index contributed by atoms with van der Waals surface area (Å²) in [5, 5.41) is 7.73. The van der Waals surface area contributed by atoms with Crippen LogP contribution in [0.2, 0.25) is 0 Å². The average Bonchev–Trinajstić information content (AvgIpc) is 2.15. The zero-order chi connectivity index (χ0) is 11.6. The van der Waals surface area contributed by atoms with Crippen LogP contribution in [0.15, 0.2) is 18.2 Å². The van der Waals surface area contributed by atoms with Crippen LogP contribution >= 0.6 is 0 Å². The molecule has 15 heavy (non-hydrogen) atoms. The van der Waals surface area contributed by atoms with E-state index in [1.807, 2.05) is 0 Å². The topological polar surface area (TPSA) is 101 Å². The number of benzene rings is 1. The quantitative estimate of drug-likeness (QED) is 0.717. The largest absolute Gasteiger partial charge is 0.507 e. The van der Waals surface area contributed by atoms with Gasteiger partial charge in [0.2, 0.25) is 0 Å². The maximum atomic E-state index is 11.0. The van der Waals surface area contributed by atoms with Gasteiger partial charge in [0, 0.05) is 6.07 Å². The lowest BCUT2D eigenvalue weighted by atomic mass is 10.2. The Hall–Kier alpha value is -1.60. The molecule has 1 aromatic rings. The molecule has 0 spiro atoms. The van der Waals surface area contributed by atoms with Crippen molar-refractivity contribution in [2.75, 3.05) is 7.11 Å². The minimum Gasteiger partial charge on any atom is -0.507 e. The molecule has 0 bridgehead atoms. The van der Waals surface area contributed by atoms with Gasteiger partial charge in [0.25, 0.3) is 0 Å². The van der Waals surface area contributed by atoms with Crippen molar-refractivity contribution in [3.8, 4) is 11.5 Å². The fourth-order valence-corrected chi connectivity index (χ4v) is 1.40. The van der Waals surface area contributed by atoms with Gasteiger partial charge < -0.3 is 9.84 Å². The highest BCUT2D eigenvalue weighted by Crippen LogP contribution is 2.24. The summed E-state index contributed by atoms with van der Waals surface area (Å²) in [7, 11) is -3.49. The SMILES string of the molecule is COc1ccc(C(=O)S(=O)(=O)O)c(O)c1. The number of carbonyl (C=O) groups is 1. The van der Waals surface area contributed by atoms with Gasteiger partial charge in [-0.15, -0.1) is 0 Å². The number of rotatable bonds is 2. The van der Waals surface area contributed by atoms with Gasteiger partial charge in [-0.05, 0) is 12.1 Å². The Labute approximate surface area is 85.9 Å². The molecule has 0 atom stereocenters. The van der Waals surface area contributed by atoms with Crippen LogP contribution in [0, 0.1) is 0 Å². The monoisotopic (exact) mass is 232 g/mol. The van der Waals surface area contributed by atoms with Crippen molar-refractivity contribution in [1.82, 2.24) is 0 Å². The summed E-state index contributed by atoms with van der Waals surface area (Å²) in [5.74, 6) is -0.309. The Bertz CT molecular complexity index is 490. The minimum absolute atomic E-state index is 0.263. The first-order valence-corrected chi connectivity index (χ1v) is 5.19. The summed E-state index contributed by atoms with van der Waals surface area (Å²) in [6, 6.07) is 3.40. The highest BCUT2D eigenvalue weighted by Gasteiger charge is 2.23. The van der Waals surface area contributed by atoms with Crippen molar-refractivity contribution < 1.29 is 27.6 Å². The smallest absolute Gasteiger partial charge is 0.333 e. The molecule has 0 unspecified atom stereocenters. The van der Waals surface area contributed by atoms with E-state index in [0.717, 1.165) is 12.1 Å². The Morgan fingerprint density at radius 3 is 2.40 bits per heavy atom. The van der Waals surface area contributed by atoms with Crippen LogP contribution in [0.25, 0.3) is 0 Å². The van der Waals surface area contributed by atoms with Crippen molar-refractivity contribution in [3.05, 3.63) is 23.8 Å².